The summed E-state index contributed by atoms with van der Waals surface area (Å²) in [4.78, 5) is 28.5. The van der Waals surface area contributed by atoms with E-state index in [2.05, 4.69) is 11.4 Å². The first-order valence-electron chi connectivity index (χ1n) is 9.50. The van der Waals surface area contributed by atoms with Crippen molar-refractivity contribution < 1.29 is 9.59 Å². The first-order chi connectivity index (χ1) is 13.2. The summed E-state index contributed by atoms with van der Waals surface area (Å²) < 4.78 is 0. The molecule has 2 aromatic rings. The molecule has 2 aromatic carbocycles. The third-order valence-corrected chi connectivity index (χ3v) is 5.20. The summed E-state index contributed by atoms with van der Waals surface area (Å²) in [5.41, 5.74) is 1.81. The Morgan fingerprint density at radius 3 is 2.36 bits per heavy atom. The van der Waals surface area contributed by atoms with E-state index in [9.17, 15) is 9.59 Å². The number of amides is 2. The summed E-state index contributed by atoms with van der Waals surface area (Å²) in [6.07, 6.45) is 0. The predicted octanol–water partition coefficient (Wildman–Crippen LogP) is 4.42. The fraction of sp³-hybridized carbons (Fsp3) is 0.391. The Balaban J connectivity index is 2.16. The van der Waals surface area contributed by atoms with Gasteiger partial charge in [-0.1, -0.05) is 48.0 Å². The average Bonchev–Trinajstić information content (AvgIpc) is 2.63. The van der Waals surface area contributed by atoms with Gasteiger partial charge in [0.2, 0.25) is 11.8 Å². The van der Waals surface area contributed by atoms with E-state index < -0.39 is 6.04 Å². The van der Waals surface area contributed by atoms with Crippen molar-refractivity contribution in [1.82, 2.24) is 10.2 Å². The molecular weight excluding hydrogens is 368 g/mol. The van der Waals surface area contributed by atoms with Crippen LogP contribution in [-0.2, 0) is 16.1 Å². The molecule has 1 N–H and O–H groups in total. The van der Waals surface area contributed by atoms with Crippen LogP contribution in [-0.4, -0.2) is 34.0 Å². The Morgan fingerprint density at radius 2 is 1.75 bits per heavy atom. The van der Waals surface area contributed by atoms with Crippen LogP contribution in [0.1, 0.15) is 38.8 Å². The van der Waals surface area contributed by atoms with E-state index in [1.165, 1.54) is 11.8 Å². The fourth-order valence-electron chi connectivity index (χ4n) is 2.81. The molecule has 0 saturated carbocycles. The fourth-order valence-corrected chi connectivity index (χ4v) is 3.61. The molecule has 0 saturated heterocycles. The molecule has 0 aliphatic heterocycles. The van der Waals surface area contributed by atoms with E-state index in [4.69, 9.17) is 0 Å². The van der Waals surface area contributed by atoms with Crippen molar-refractivity contribution in [2.75, 3.05) is 5.75 Å². The van der Waals surface area contributed by atoms with Crippen molar-refractivity contribution in [3.8, 4) is 0 Å². The van der Waals surface area contributed by atoms with Crippen LogP contribution in [0.3, 0.4) is 0 Å². The molecule has 1 unspecified atom stereocenters. The standard InChI is InChI=1S/C23H30N2O2S/c1-17-10-9-11-19(14-17)15-25(18(2)22(27)24-23(3,4)5)21(26)16-28-20-12-7-6-8-13-20/h6-14,18H,15-16H2,1-5H3,(H,24,27). The third kappa shape index (κ3) is 7.04. The SMILES string of the molecule is Cc1cccc(CN(C(=O)CSc2ccccc2)C(C)C(=O)NC(C)(C)C)c1. The zero-order chi connectivity index (χ0) is 20.7. The maximum Gasteiger partial charge on any atom is 0.242 e. The predicted molar refractivity (Wildman–Crippen MR) is 116 cm³/mol. The van der Waals surface area contributed by atoms with Gasteiger partial charge in [0, 0.05) is 17.0 Å². The van der Waals surface area contributed by atoms with Crippen molar-refractivity contribution in [2.45, 2.75) is 57.6 Å². The van der Waals surface area contributed by atoms with Crippen LogP contribution in [0.2, 0.25) is 0 Å². The first kappa shape index (κ1) is 22.0. The van der Waals surface area contributed by atoms with Crippen LogP contribution in [0.4, 0.5) is 0 Å². The van der Waals surface area contributed by atoms with Crippen molar-refractivity contribution in [3.63, 3.8) is 0 Å². The Bertz CT molecular complexity index is 800. The van der Waals surface area contributed by atoms with Gasteiger partial charge >= 0.3 is 0 Å². The van der Waals surface area contributed by atoms with Crippen LogP contribution < -0.4 is 5.32 Å². The number of rotatable bonds is 7. The molecule has 150 valence electrons. The molecule has 0 heterocycles. The number of aryl methyl sites for hydroxylation is 1. The molecule has 0 aliphatic carbocycles. The highest BCUT2D eigenvalue weighted by atomic mass is 32.2. The van der Waals surface area contributed by atoms with Gasteiger partial charge in [0.15, 0.2) is 0 Å². The molecule has 0 aromatic heterocycles. The monoisotopic (exact) mass is 398 g/mol. The van der Waals surface area contributed by atoms with Gasteiger partial charge in [-0.2, -0.15) is 0 Å². The van der Waals surface area contributed by atoms with Gasteiger partial charge in [0.1, 0.15) is 6.04 Å². The lowest BCUT2D eigenvalue weighted by molar-refractivity contribution is -0.139. The summed E-state index contributed by atoms with van der Waals surface area (Å²) in [5, 5.41) is 2.99. The van der Waals surface area contributed by atoms with E-state index in [0.717, 1.165) is 16.0 Å². The quantitative estimate of drug-likeness (QED) is 0.703. The highest BCUT2D eigenvalue weighted by molar-refractivity contribution is 8.00. The summed E-state index contributed by atoms with van der Waals surface area (Å²) in [7, 11) is 0. The molecular formula is C23H30N2O2S. The molecule has 0 fully saturated rings. The molecule has 2 rings (SSSR count). The minimum atomic E-state index is -0.552. The molecule has 0 aliphatic rings. The van der Waals surface area contributed by atoms with Gasteiger partial charge in [0.05, 0.1) is 5.75 Å². The highest BCUT2D eigenvalue weighted by Gasteiger charge is 2.28. The average molecular weight is 399 g/mol. The summed E-state index contributed by atoms with van der Waals surface area (Å²) in [5.74, 6) is 0.105. The summed E-state index contributed by atoms with van der Waals surface area (Å²) in [6, 6.07) is 17.3. The lowest BCUT2D eigenvalue weighted by atomic mass is 10.1. The number of benzene rings is 2. The second-order valence-electron chi connectivity index (χ2n) is 8.03. The number of hydrogen-bond donors (Lipinski definition) is 1. The third-order valence-electron chi connectivity index (χ3n) is 4.21. The van der Waals surface area contributed by atoms with Crippen LogP contribution in [0, 0.1) is 6.92 Å². The molecule has 0 spiro atoms. The van der Waals surface area contributed by atoms with Crippen LogP contribution in [0.5, 0.6) is 0 Å². The number of carbonyl (C=O) groups is 2. The molecule has 5 heteroatoms. The first-order valence-corrected chi connectivity index (χ1v) is 10.5. The normalized spacial score (nSPS) is 12.3. The Labute approximate surface area is 172 Å². The van der Waals surface area contributed by atoms with Gasteiger partial charge in [-0.05, 0) is 52.3 Å². The van der Waals surface area contributed by atoms with Crippen molar-refractivity contribution in [3.05, 3.63) is 65.7 Å². The number of nitrogens with one attached hydrogen (secondary N) is 1. The molecule has 1 atom stereocenters. The lowest BCUT2D eigenvalue weighted by Crippen LogP contribution is -2.52. The Morgan fingerprint density at radius 1 is 1.07 bits per heavy atom. The van der Waals surface area contributed by atoms with E-state index in [0.29, 0.717) is 12.3 Å². The second-order valence-corrected chi connectivity index (χ2v) is 9.08. The highest BCUT2D eigenvalue weighted by Crippen LogP contribution is 2.20. The van der Waals surface area contributed by atoms with Gasteiger partial charge in [-0.15, -0.1) is 11.8 Å². The molecule has 2 amide bonds. The maximum absolute atomic E-state index is 13.0. The van der Waals surface area contributed by atoms with Gasteiger partial charge < -0.3 is 10.2 Å². The molecule has 0 bridgehead atoms. The van der Waals surface area contributed by atoms with E-state index in [1.807, 2.05) is 76.2 Å². The summed E-state index contributed by atoms with van der Waals surface area (Å²) >= 11 is 1.49. The number of thioether (sulfide) groups is 1. The summed E-state index contributed by atoms with van der Waals surface area (Å²) in [6.45, 7) is 10.0. The maximum atomic E-state index is 13.0. The zero-order valence-electron chi connectivity index (χ0n) is 17.4. The van der Waals surface area contributed by atoms with Gasteiger partial charge in [-0.3, -0.25) is 9.59 Å². The largest absolute Gasteiger partial charge is 0.350 e. The lowest BCUT2D eigenvalue weighted by Gasteiger charge is -2.31. The molecule has 4 nitrogen and oxygen atoms in total. The van der Waals surface area contributed by atoms with E-state index in [-0.39, 0.29) is 17.4 Å². The minimum Gasteiger partial charge on any atom is -0.350 e. The molecule has 0 radical (unpaired) electrons. The van der Waals surface area contributed by atoms with E-state index >= 15 is 0 Å². The Hall–Kier alpha value is -2.27. The number of nitrogens with zero attached hydrogens (tertiary/aromatic N) is 1. The number of hydrogen-bond acceptors (Lipinski definition) is 3. The van der Waals surface area contributed by atoms with Crippen molar-refractivity contribution >= 4 is 23.6 Å². The van der Waals surface area contributed by atoms with Crippen molar-refractivity contribution in [1.29, 1.82) is 0 Å². The van der Waals surface area contributed by atoms with Crippen LogP contribution in [0.25, 0.3) is 0 Å². The number of carbonyl (C=O) groups excluding carboxylic acids is 2. The molecule has 28 heavy (non-hydrogen) atoms. The Kier molecular flexibility index (Phi) is 7.69. The van der Waals surface area contributed by atoms with Gasteiger partial charge in [0.25, 0.3) is 0 Å². The van der Waals surface area contributed by atoms with Gasteiger partial charge in [-0.25, -0.2) is 0 Å². The van der Waals surface area contributed by atoms with Crippen molar-refractivity contribution in [2.24, 2.45) is 0 Å². The smallest absolute Gasteiger partial charge is 0.242 e. The van der Waals surface area contributed by atoms with Crippen LogP contribution >= 0.6 is 11.8 Å². The topological polar surface area (TPSA) is 49.4 Å². The minimum absolute atomic E-state index is 0.0491. The van der Waals surface area contributed by atoms with Crippen LogP contribution in [0.15, 0.2) is 59.5 Å². The second kappa shape index (κ2) is 9.78. The zero-order valence-corrected chi connectivity index (χ0v) is 18.2. The van der Waals surface area contributed by atoms with E-state index in [1.54, 1.807) is 11.8 Å².